The van der Waals surface area contributed by atoms with E-state index in [2.05, 4.69) is 22.4 Å². The lowest BCUT2D eigenvalue weighted by Gasteiger charge is -2.32. The molecular formula is C26H32N4O3S. The molecule has 0 aliphatic carbocycles. The zero-order valence-electron chi connectivity index (χ0n) is 20.2. The van der Waals surface area contributed by atoms with Crippen molar-refractivity contribution in [3.05, 3.63) is 60.2 Å². The molecule has 0 saturated heterocycles. The number of nitrogens with zero attached hydrogens (tertiary/aromatic N) is 3. The molecular weight excluding hydrogens is 448 g/mol. The van der Waals surface area contributed by atoms with Crippen LogP contribution in [-0.4, -0.2) is 46.6 Å². The fraction of sp³-hybridized carbons (Fsp3) is 0.385. The van der Waals surface area contributed by atoms with Gasteiger partial charge in [0, 0.05) is 24.6 Å². The maximum absolute atomic E-state index is 13.4. The topological polar surface area (TPSA) is 84.4 Å². The first kappa shape index (κ1) is 25.4. The summed E-state index contributed by atoms with van der Waals surface area (Å²) in [4.78, 5) is 27.9. The number of amides is 2. The Morgan fingerprint density at radius 3 is 2.50 bits per heavy atom. The Morgan fingerprint density at radius 2 is 1.82 bits per heavy atom. The number of ether oxygens (including phenoxy) is 1. The second-order valence-electron chi connectivity index (χ2n) is 8.10. The summed E-state index contributed by atoms with van der Waals surface area (Å²) in [5, 5.41) is 12.2. The van der Waals surface area contributed by atoms with Crippen LogP contribution in [0.1, 0.15) is 51.5 Å². The highest BCUT2D eigenvalue weighted by Gasteiger charge is 2.27. The summed E-state index contributed by atoms with van der Waals surface area (Å²) in [6.07, 6.45) is 1.72. The van der Waals surface area contributed by atoms with Crippen molar-refractivity contribution in [2.24, 2.45) is 0 Å². The van der Waals surface area contributed by atoms with Crippen molar-refractivity contribution < 1.29 is 14.3 Å². The molecule has 2 atom stereocenters. The Kier molecular flexibility index (Phi) is 9.16. The first-order chi connectivity index (χ1) is 16.5. The number of rotatable bonds is 11. The summed E-state index contributed by atoms with van der Waals surface area (Å²) in [6.45, 7) is 6.45. The molecule has 7 nitrogen and oxygen atoms in total. The molecule has 0 aliphatic heterocycles. The van der Waals surface area contributed by atoms with Crippen LogP contribution in [0.15, 0.2) is 54.6 Å². The molecule has 3 aromatic rings. The second-order valence-corrected chi connectivity index (χ2v) is 9.08. The number of nitrogens with one attached hydrogen (secondary N) is 1. The number of carbonyl (C=O) groups excluding carboxylic acids is 2. The van der Waals surface area contributed by atoms with Gasteiger partial charge in [0.05, 0.1) is 13.0 Å². The van der Waals surface area contributed by atoms with Crippen LogP contribution in [0.5, 0.6) is 5.75 Å². The molecule has 1 heterocycles. The smallest absolute Gasteiger partial charge is 0.230 e. The highest BCUT2D eigenvalue weighted by molar-refractivity contribution is 7.18. The summed E-state index contributed by atoms with van der Waals surface area (Å²) in [6, 6.07) is 17.4. The molecule has 34 heavy (non-hydrogen) atoms. The van der Waals surface area contributed by atoms with E-state index in [0.717, 1.165) is 23.3 Å². The fourth-order valence-corrected chi connectivity index (χ4v) is 4.51. The van der Waals surface area contributed by atoms with Gasteiger partial charge in [-0.3, -0.25) is 9.59 Å². The van der Waals surface area contributed by atoms with Crippen molar-refractivity contribution in [1.29, 1.82) is 0 Å². The van der Waals surface area contributed by atoms with Crippen LogP contribution in [0, 0.1) is 0 Å². The maximum Gasteiger partial charge on any atom is 0.230 e. The van der Waals surface area contributed by atoms with E-state index in [0.29, 0.717) is 23.1 Å². The van der Waals surface area contributed by atoms with Crippen molar-refractivity contribution in [3.63, 3.8) is 0 Å². The summed E-state index contributed by atoms with van der Waals surface area (Å²) in [7, 11) is 1.61. The van der Waals surface area contributed by atoms with E-state index in [9.17, 15) is 9.59 Å². The maximum atomic E-state index is 13.4. The van der Waals surface area contributed by atoms with E-state index in [1.54, 1.807) is 7.11 Å². The van der Waals surface area contributed by atoms with E-state index < -0.39 is 0 Å². The molecule has 2 amide bonds. The lowest BCUT2D eigenvalue weighted by molar-refractivity contribution is -0.135. The van der Waals surface area contributed by atoms with Crippen molar-refractivity contribution in [2.75, 3.05) is 19.0 Å². The zero-order chi connectivity index (χ0) is 24.5. The number of anilines is 1. The molecule has 8 heteroatoms. The molecule has 0 saturated carbocycles. The fourth-order valence-electron chi connectivity index (χ4n) is 3.76. The van der Waals surface area contributed by atoms with Crippen LogP contribution in [0.25, 0.3) is 10.6 Å². The Morgan fingerprint density at radius 1 is 1.06 bits per heavy atom. The minimum Gasteiger partial charge on any atom is -0.497 e. The summed E-state index contributed by atoms with van der Waals surface area (Å²) in [5.41, 5.74) is 1.88. The van der Waals surface area contributed by atoms with Gasteiger partial charge in [-0.15, -0.1) is 10.2 Å². The number of benzene rings is 2. The van der Waals surface area contributed by atoms with Crippen molar-refractivity contribution in [2.45, 2.75) is 52.0 Å². The number of hydrogen-bond acceptors (Lipinski definition) is 6. The van der Waals surface area contributed by atoms with Gasteiger partial charge in [0.2, 0.25) is 16.9 Å². The number of hydrogen-bond donors (Lipinski definition) is 1. The highest BCUT2D eigenvalue weighted by atomic mass is 32.1. The van der Waals surface area contributed by atoms with Crippen molar-refractivity contribution in [3.8, 4) is 16.3 Å². The Balaban J connectivity index is 1.64. The van der Waals surface area contributed by atoms with Gasteiger partial charge in [0.15, 0.2) is 0 Å². The van der Waals surface area contributed by atoms with Crippen LogP contribution < -0.4 is 10.1 Å². The van der Waals surface area contributed by atoms with Crippen molar-refractivity contribution >= 4 is 28.3 Å². The third kappa shape index (κ3) is 6.41. The third-order valence-corrected chi connectivity index (χ3v) is 6.77. The molecule has 0 unspecified atom stereocenters. The molecule has 0 bridgehead atoms. The Labute approximate surface area is 205 Å². The average molecular weight is 481 g/mol. The summed E-state index contributed by atoms with van der Waals surface area (Å²) >= 11 is 1.30. The van der Waals surface area contributed by atoms with E-state index in [1.165, 1.54) is 11.3 Å². The lowest BCUT2D eigenvalue weighted by Crippen LogP contribution is -2.42. The zero-order valence-corrected chi connectivity index (χ0v) is 21.0. The lowest BCUT2D eigenvalue weighted by atomic mass is 9.94. The van der Waals surface area contributed by atoms with E-state index in [1.807, 2.05) is 73.3 Å². The van der Waals surface area contributed by atoms with Gasteiger partial charge in [0.1, 0.15) is 10.8 Å². The van der Waals surface area contributed by atoms with Gasteiger partial charge >= 0.3 is 0 Å². The average Bonchev–Trinajstić information content (AvgIpc) is 3.33. The van der Waals surface area contributed by atoms with E-state index in [4.69, 9.17) is 4.74 Å². The van der Waals surface area contributed by atoms with Gasteiger partial charge in [-0.2, -0.15) is 0 Å². The SMILES string of the molecule is CC[C@@H](C(=O)N(CCC(=O)Nc1nnc(-c2cccc(OC)c2)s1)[C@@H](C)CC)c1ccccc1. The quantitative estimate of drug-likeness (QED) is 0.399. The predicted molar refractivity (Wildman–Crippen MR) is 136 cm³/mol. The minimum atomic E-state index is -0.216. The van der Waals surface area contributed by atoms with E-state index in [-0.39, 0.29) is 30.2 Å². The molecule has 0 spiro atoms. The van der Waals surface area contributed by atoms with Crippen LogP contribution in [0.2, 0.25) is 0 Å². The van der Waals surface area contributed by atoms with Gasteiger partial charge < -0.3 is 15.0 Å². The molecule has 3 rings (SSSR count). The number of carbonyl (C=O) groups is 2. The second kappa shape index (κ2) is 12.3. The molecule has 1 N–H and O–H groups in total. The predicted octanol–water partition coefficient (Wildman–Crippen LogP) is 5.36. The van der Waals surface area contributed by atoms with E-state index >= 15 is 0 Å². The first-order valence-corrected chi connectivity index (χ1v) is 12.4. The molecule has 180 valence electrons. The van der Waals surface area contributed by atoms with Crippen LogP contribution in [-0.2, 0) is 9.59 Å². The van der Waals surface area contributed by atoms with Gasteiger partial charge in [-0.05, 0) is 37.5 Å². The monoisotopic (exact) mass is 480 g/mol. The first-order valence-electron chi connectivity index (χ1n) is 11.6. The summed E-state index contributed by atoms with van der Waals surface area (Å²) < 4.78 is 5.26. The van der Waals surface area contributed by atoms with Crippen LogP contribution >= 0.6 is 11.3 Å². The van der Waals surface area contributed by atoms with Gasteiger partial charge in [0.25, 0.3) is 0 Å². The molecule has 2 aromatic carbocycles. The minimum absolute atomic E-state index is 0.0410. The Hall–Kier alpha value is -3.26. The van der Waals surface area contributed by atoms with Crippen LogP contribution in [0.3, 0.4) is 0 Å². The number of aromatic nitrogens is 2. The third-order valence-electron chi connectivity index (χ3n) is 5.88. The van der Waals surface area contributed by atoms with Crippen LogP contribution in [0.4, 0.5) is 5.13 Å². The molecule has 0 aliphatic rings. The summed E-state index contributed by atoms with van der Waals surface area (Å²) in [5.74, 6) is 0.384. The molecule has 0 radical (unpaired) electrons. The number of methoxy groups -OCH3 is 1. The Bertz CT molecular complexity index is 1090. The van der Waals surface area contributed by atoms with Gasteiger partial charge in [-0.25, -0.2) is 0 Å². The largest absolute Gasteiger partial charge is 0.497 e. The molecule has 0 fully saturated rings. The highest BCUT2D eigenvalue weighted by Crippen LogP contribution is 2.29. The van der Waals surface area contributed by atoms with Crippen molar-refractivity contribution in [1.82, 2.24) is 15.1 Å². The van der Waals surface area contributed by atoms with Gasteiger partial charge in [-0.1, -0.05) is 67.6 Å². The molecule has 1 aromatic heterocycles. The normalized spacial score (nSPS) is 12.6. The standard InChI is InChI=1S/C26H32N4O3S/c1-5-18(3)30(25(32)22(6-2)19-11-8-7-9-12-19)16-15-23(31)27-26-29-28-24(34-26)20-13-10-14-21(17-20)33-4/h7-14,17-18,22H,5-6,15-16H2,1-4H3,(H,27,29,31)/t18-,22+/m0/s1.